The molecule has 0 N–H and O–H groups in total. The molecule has 3 heteroatoms. The van der Waals surface area contributed by atoms with Crippen molar-refractivity contribution in [2.75, 3.05) is 6.61 Å². The van der Waals surface area contributed by atoms with E-state index >= 15 is 0 Å². The zero-order chi connectivity index (χ0) is 14.7. The number of thiophene rings is 1. The van der Waals surface area contributed by atoms with Gasteiger partial charge in [0.05, 0.1) is 12.2 Å². The zero-order valence-electron chi connectivity index (χ0n) is 11.8. The second-order valence-corrected chi connectivity index (χ2v) is 5.72. The van der Waals surface area contributed by atoms with Crippen LogP contribution in [0.4, 0.5) is 0 Å². The highest BCUT2D eigenvalue weighted by Crippen LogP contribution is 2.28. The summed E-state index contributed by atoms with van der Waals surface area (Å²) in [7, 11) is 0. The molecule has 1 aromatic heterocycles. The zero-order valence-corrected chi connectivity index (χ0v) is 12.7. The van der Waals surface area contributed by atoms with E-state index in [4.69, 9.17) is 4.74 Å². The van der Waals surface area contributed by atoms with Gasteiger partial charge in [0, 0.05) is 4.70 Å². The molecule has 0 bridgehead atoms. The van der Waals surface area contributed by atoms with Crippen LogP contribution in [0.5, 0.6) is 0 Å². The van der Waals surface area contributed by atoms with Crippen molar-refractivity contribution >= 4 is 27.4 Å². The summed E-state index contributed by atoms with van der Waals surface area (Å²) in [6.45, 7) is 2.22. The maximum absolute atomic E-state index is 12.0. The Labute approximate surface area is 128 Å². The van der Waals surface area contributed by atoms with E-state index < -0.39 is 0 Å². The van der Waals surface area contributed by atoms with E-state index in [2.05, 4.69) is 29.6 Å². The molecular weight excluding hydrogens is 280 g/mol. The molecule has 0 aliphatic heterocycles. The summed E-state index contributed by atoms with van der Waals surface area (Å²) in [5, 5.41) is 3.44. The second kappa shape index (κ2) is 6.10. The minimum absolute atomic E-state index is 0.243. The van der Waals surface area contributed by atoms with E-state index in [-0.39, 0.29) is 5.97 Å². The molecule has 0 aliphatic rings. The lowest BCUT2D eigenvalue weighted by Gasteiger charge is -2.08. The minimum Gasteiger partial charge on any atom is -0.462 e. The van der Waals surface area contributed by atoms with Crippen LogP contribution in [0, 0.1) is 0 Å². The third-order valence-corrected chi connectivity index (χ3v) is 4.47. The van der Waals surface area contributed by atoms with Gasteiger partial charge in [0.15, 0.2) is 0 Å². The standard InChI is InChI=1S/C18H16O2S/c1-2-20-18(19)16-9-4-3-7-13(16)11-14-12-21-17-10-6-5-8-15(14)17/h3-10,12H,2,11H2,1H3. The summed E-state index contributed by atoms with van der Waals surface area (Å²) < 4.78 is 6.42. The van der Waals surface area contributed by atoms with Gasteiger partial charge in [-0.2, -0.15) is 0 Å². The highest BCUT2D eigenvalue weighted by atomic mass is 32.1. The summed E-state index contributed by atoms with van der Waals surface area (Å²) in [6, 6.07) is 16.0. The lowest BCUT2D eigenvalue weighted by atomic mass is 9.99. The quantitative estimate of drug-likeness (QED) is 0.654. The van der Waals surface area contributed by atoms with Crippen molar-refractivity contribution in [1.82, 2.24) is 0 Å². The number of carbonyl (C=O) groups is 1. The summed E-state index contributed by atoms with van der Waals surface area (Å²) in [4.78, 5) is 12.0. The van der Waals surface area contributed by atoms with E-state index in [0.29, 0.717) is 12.2 Å². The van der Waals surface area contributed by atoms with Gasteiger partial charge in [0.2, 0.25) is 0 Å². The number of rotatable bonds is 4. The fraction of sp³-hybridized carbons (Fsp3) is 0.167. The molecule has 106 valence electrons. The minimum atomic E-state index is -0.243. The van der Waals surface area contributed by atoms with Crippen molar-refractivity contribution in [2.24, 2.45) is 0 Å². The van der Waals surface area contributed by atoms with Gasteiger partial charge in [-0.05, 0) is 47.4 Å². The molecule has 21 heavy (non-hydrogen) atoms. The fourth-order valence-electron chi connectivity index (χ4n) is 2.46. The van der Waals surface area contributed by atoms with E-state index in [0.717, 1.165) is 12.0 Å². The Morgan fingerprint density at radius 1 is 1.05 bits per heavy atom. The van der Waals surface area contributed by atoms with Crippen LogP contribution in [0.1, 0.15) is 28.4 Å². The molecule has 0 atom stereocenters. The van der Waals surface area contributed by atoms with Gasteiger partial charge in [0.25, 0.3) is 0 Å². The first-order valence-electron chi connectivity index (χ1n) is 6.99. The summed E-state index contributed by atoms with van der Waals surface area (Å²) in [6.07, 6.45) is 0.749. The number of hydrogen-bond acceptors (Lipinski definition) is 3. The van der Waals surface area contributed by atoms with Crippen molar-refractivity contribution in [2.45, 2.75) is 13.3 Å². The van der Waals surface area contributed by atoms with E-state index in [9.17, 15) is 4.79 Å². The van der Waals surface area contributed by atoms with Crippen LogP contribution in [-0.4, -0.2) is 12.6 Å². The highest BCUT2D eigenvalue weighted by Gasteiger charge is 2.13. The van der Waals surface area contributed by atoms with Crippen molar-refractivity contribution in [3.05, 3.63) is 70.6 Å². The maximum Gasteiger partial charge on any atom is 0.338 e. The molecule has 0 spiro atoms. The van der Waals surface area contributed by atoms with Crippen LogP contribution in [0.3, 0.4) is 0 Å². The van der Waals surface area contributed by atoms with E-state index in [1.54, 1.807) is 11.3 Å². The molecule has 0 radical (unpaired) electrons. The number of carbonyl (C=O) groups excluding carboxylic acids is 1. The summed E-state index contributed by atoms with van der Waals surface area (Å²) in [5.41, 5.74) is 2.93. The molecule has 0 aliphatic carbocycles. The number of benzene rings is 2. The van der Waals surface area contributed by atoms with E-state index in [1.165, 1.54) is 15.6 Å². The van der Waals surface area contributed by atoms with Gasteiger partial charge >= 0.3 is 5.97 Å². The fourth-order valence-corrected chi connectivity index (χ4v) is 3.42. The maximum atomic E-state index is 12.0. The average molecular weight is 296 g/mol. The monoisotopic (exact) mass is 296 g/mol. The van der Waals surface area contributed by atoms with Crippen LogP contribution in [0.2, 0.25) is 0 Å². The summed E-state index contributed by atoms with van der Waals surface area (Å²) >= 11 is 1.74. The Balaban J connectivity index is 1.96. The molecule has 1 heterocycles. The van der Waals surface area contributed by atoms with Gasteiger partial charge in [-0.15, -0.1) is 11.3 Å². The molecule has 2 aromatic carbocycles. The Hall–Kier alpha value is -2.13. The molecule has 3 rings (SSSR count). The molecule has 0 saturated carbocycles. The molecule has 0 unspecified atom stereocenters. The van der Waals surface area contributed by atoms with Gasteiger partial charge in [-0.1, -0.05) is 36.4 Å². The van der Waals surface area contributed by atoms with Crippen LogP contribution in [0.15, 0.2) is 53.9 Å². The van der Waals surface area contributed by atoms with E-state index in [1.807, 2.05) is 31.2 Å². The molecule has 2 nitrogen and oxygen atoms in total. The predicted octanol–water partition coefficient (Wildman–Crippen LogP) is 4.67. The second-order valence-electron chi connectivity index (χ2n) is 4.81. The number of ether oxygens (including phenoxy) is 1. The molecule has 3 aromatic rings. The highest BCUT2D eigenvalue weighted by molar-refractivity contribution is 7.17. The van der Waals surface area contributed by atoms with Gasteiger partial charge < -0.3 is 4.74 Å². The largest absolute Gasteiger partial charge is 0.462 e. The first-order chi connectivity index (χ1) is 10.3. The number of fused-ring (bicyclic) bond motifs is 1. The third-order valence-electron chi connectivity index (χ3n) is 3.45. The van der Waals surface area contributed by atoms with Crippen LogP contribution < -0.4 is 0 Å². The van der Waals surface area contributed by atoms with Crippen molar-refractivity contribution in [3.8, 4) is 0 Å². The lowest BCUT2D eigenvalue weighted by molar-refractivity contribution is 0.0525. The topological polar surface area (TPSA) is 26.3 Å². The lowest BCUT2D eigenvalue weighted by Crippen LogP contribution is -2.08. The molecular formula is C18H16O2S. The Kier molecular flexibility index (Phi) is 4.02. The Bertz CT molecular complexity index is 773. The van der Waals surface area contributed by atoms with Crippen molar-refractivity contribution in [3.63, 3.8) is 0 Å². The van der Waals surface area contributed by atoms with Crippen molar-refractivity contribution < 1.29 is 9.53 Å². The predicted molar refractivity (Wildman–Crippen MR) is 87.0 cm³/mol. The average Bonchev–Trinajstić information content (AvgIpc) is 2.91. The van der Waals surface area contributed by atoms with Crippen molar-refractivity contribution in [1.29, 1.82) is 0 Å². The first-order valence-corrected chi connectivity index (χ1v) is 7.87. The third kappa shape index (κ3) is 2.83. The number of esters is 1. The van der Waals surface area contributed by atoms with Crippen LogP contribution in [-0.2, 0) is 11.2 Å². The van der Waals surface area contributed by atoms with Gasteiger partial charge in [0.1, 0.15) is 0 Å². The smallest absolute Gasteiger partial charge is 0.338 e. The first kappa shape index (κ1) is 13.8. The molecule has 0 amide bonds. The van der Waals surface area contributed by atoms with Crippen LogP contribution in [0.25, 0.3) is 10.1 Å². The molecule has 0 saturated heterocycles. The molecule has 0 fully saturated rings. The number of hydrogen-bond donors (Lipinski definition) is 0. The van der Waals surface area contributed by atoms with Gasteiger partial charge in [-0.25, -0.2) is 4.79 Å². The normalized spacial score (nSPS) is 10.7. The van der Waals surface area contributed by atoms with Crippen LogP contribution >= 0.6 is 11.3 Å². The van der Waals surface area contributed by atoms with Gasteiger partial charge in [-0.3, -0.25) is 0 Å². The summed E-state index contributed by atoms with van der Waals surface area (Å²) in [5.74, 6) is -0.243. The SMILES string of the molecule is CCOC(=O)c1ccccc1Cc1csc2ccccc12. The Morgan fingerprint density at radius 3 is 2.67 bits per heavy atom. The Morgan fingerprint density at radius 2 is 1.81 bits per heavy atom.